The second-order valence-corrected chi connectivity index (χ2v) is 7.04. The summed E-state index contributed by atoms with van der Waals surface area (Å²) < 4.78 is 39.1. The van der Waals surface area contributed by atoms with E-state index in [1.807, 2.05) is 24.3 Å². The van der Waals surface area contributed by atoms with Crippen molar-refractivity contribution in [3.05, 3.63) is 41.5 Å². The molecule has 0 amide bonds. The molecule has 3 atom stereocenters. The Morgan fingerprint density at radius 2 is 1.69 bits per heavy atom. The zero-order chi connectivity index (χ0) is 20.2. The molecule has 5 rings (SSSR count). The Morgan fingerprint density at radius 3 is 2.41 bits per heavy atom. The lowest BCUT2D eigenvalue weighted by Gasteiger charge is -2.41. The van der Waals surface area contributed by atoms with Gasteiger partial charge in [0.15, 0.2) is 29.6 Å². The van der Waals surface area contributed by atoms with E-state index in [1.54, 1.807) is 20.3 Å². The Kier molecular flexibility index (Phi) is 3.99. The van der Waals surface area contributed by atoms with E-state index >= 15 is 0 Å². The minimum atomic E-state index is -1.23. The summed E-state index contributed by atoms with van der Waals surface area (Å²) >= 11 is 0. The van der Waals surface area contributed by atoms with Crippen molar-refractivity contribution in [3.8, 4) is 28.7 Å². The van der Waals surface area contributed by atoms with Gasteiger partial charge in [-0.15, -0.1) is 0 Å². The van der Waals surface area contributed by atoms with Gasteiger partial charge in [-0.2, -0.15) is 0 Å². The van der Waals surface area contributed by atoms with Crippen LogP contribution in [-0.2, 0) is 14.3 Å². The minimum Gasteiger partial charge on any atom is -0.493 e. The standard InChI is InChI=1S/C21H20O8/c1-23-13-5-4-11(6-15(13)24-2)18-12-7-16-17(28-10-27-16)8-14(12)29-21(25-3)9-26-20(22)19(18)21/h4-8,18-19H,9-10H2,1-3H3. The van der Waals surface area contributed by atoms with Crippen molar-refractivity contribution in [2.24, 2.45) is 5.92 Å². The van der Waals surface area contributed by atoms with Crippen LogP contribution < -0.4 is 23.7 Å². The highest BCUT2D eigenvalue weighted by molar-refractivity contribution is 5.80. The molecule has 0 bridgehead atoms. The van der Waals surface area contributed by atoms with Crippen molar-refractivity contribution in [3.63, 3.8) is 0 Å². The first-order valence-corrected chi connectivity index (χ1v) is 9.16. The third kappa shape index (κ3) is 2.52. The largest absolute Gasteiger partial charge is 0.493 e. The molecule has 0 spiro atoms. The monoisotopic (exact) mass is 400 g/mol. The molecule has 3 unspecified atom stereocenters. The van der Waals surface area contributed by atoms with Crippen molar-refractivity contribution < 1.29 is 38.0 Å². The highest BCUT2D eigenvalue weighted by Crippen LogP contribution is 2.55. The number of cyclic esters (lactones) is 1. The van der Waals surface area contributed by atoms with Crippen LogP contribution in [0, 0.1) is 5.92 Å². The number of hydrogen-bond donors (Lipinski definition) is 0. The van der Waals surface area contributed by atoms with Crippen LogP contribution in [0.1, 0.15) is 17.0 Å². The predicted octanol–water partition coefficient (Wildman–Crippen LogP) is 2.47. The van der Waals surface area contributed by atoms with Crippen molar-refractivity contribution in [1.82, 2.24) is 0 Å². The molecular formula is C21H20O8. The smallest absolute Gasteiger partial charge is 0.317 e. The van der Waals surface area contributed by atoms with Crippen LogP contribution in [0.4, 0.5) is 0 Å². The fourth-order valence-electron chi connectivity index (χ4n) is 4.30. The first-order valence-electron chi connectivity index (χ1n) is 9.16. The Bertz CT molecular complexity index is 987. The molecule has 3 aliphatic heterocycles. The SMILES string of the molecule is COc1ccc(C2c3cc4c(cc3OC3(OC)COC(=O)C23)OCO4)cc1OC. The van der Waals surface area contributed by atoms with Crippen LogP contribution in [0.5, 0.6) is 28.7 Å². The van der Waals surface area contributed by atoms with E-state index in [1.165, 1.54) is 7.11 Å². The van der Waals surface area contributed by atoms with Crippen molar-refractivity contribution in [1.29, 1.82) is 0 Å². The van der Waals surface area contributed by atoms with Crippen LogP contribution in [0.2, 0.25) is 0 Å². The third-order valence-corrected chi connectivity index (χ3v) is 5.71. The first kappa shape index (κ1) is 17.9. The fourth-order valence-corrected chi connectivity index (χ4v) is 4.30. The van der Waals surface area contributed by atoms with Crippen LogP contribution in [0.3, 0.4) is 0 Å². The number of carbonyl (C=O) groups excluding carboxylic acids is 1. The van der Waals surface area contributed by atoms with E-state index in [-0.39, 0.29) is 19.4 Å². The summed E-state index contributed by atoms with van der Waals surface area (Å²) in [6, 6.07) is 9.19. The molecule has 2 aromatic rings. The average molecular weight is 400 g/mol. The van der Waals surface area contributed by atoms with E-state index in [4.69, 9.17) is 33.2 Å². The van der Waals surface area contributed by atoms with Gasteiger partial charge in [-0.3, -0.25) is 4.79 Å². The van der Waals surface area contributed by atoms with Gasteiger partial charge in [0.25, 0.3) is 5.79 Å². The Labute approximate surface area is 167 Å². The number of benzene rings is 2. The molecule has 152 valence electrons. The van der Waals surface area contributed by atoms with Crippen LogP contribution in [-0.4, -0.2) is 46.5 Å². The molecule has 2 aromatic carbocycles. The minimum absolute atomic E-state index is 0.00463. The number of carbonyl (C=O) groups is 1. The molecule has 1 saturated heterocycles. The van der Waals surface area contributed by atoms with Gasteiger partial charge in [0, 0.05) is 24.7 Å². The van der Waals surface area contributed by atoms with Gasteiger partial charge >= 0.3 is 5.97 Å². The van der Waals surface area contributed by atoms with Crippen LogP contribution in [0.25, 0.3) is 0 Å². The van der Waals surface area contributed by atoms with Gasteiger partial charge in [0.05, 0.1) is 14.2 Å². The molecule has 3 aliphatic rings. The highest BCUT2D eigenvalue weighted by Gasteiger charge is 2.61. The molecule has 8 nitrogen and oxygen atoms in total. The second kappa shape index (κ2) is 6.45. The molecule has 3 heterocycles. The summed E-state index contributed by atoms with van der Waals surface area (Å²) in [4.78, 5) is 12.8. The predicted molar refractivity (Wildman–Crippen MR) is 98.8 cm³/mol. The maximum absolute atomic E-state index is 12.8. The average Bonchev–Trinajstić information content (AvgIpc) is 3.34. The van der Waals surface area contributed by atoms with E-state index in [9.17, 15) is 4.79 Å². The molecule has 1 fully saturated rings. The summed E-state index contributed by atoms with van der Waals surface area (Å²) in [6.07, 6.45) is 0. The summed E-state index contributed by atoms with van der Waals surface area (Å²) in [5, 5.41) is 0. The number of ether oxygens (including phenoxy) is 7. The van der Waals surface area contributed by atoms with E-state index < -0.39 is 17.6 Å². The lowest BCUT2D eigenvalue weighted by Crippen LogP contribution is -2.51. The summed E-state index contributed by atoms with van der Waals surface area (Å²) in [5.41, 5.74) is 1.63. The molecule has 0 saturated carbocycles. The summed E-state index contributed by atoms with van der Waals surface area (Å²) in [5.74, 6) is 0.213. The van der Waals surface area contributed by atoms with Gasteiger partial charge in [-0.05, 0) is 23.8 Å². The molecule has 29 heavy (non-hydrogen) atoms. The Hall–Kier alpha value is -3.13. The van der Waals surface area contributed by atoms with Crippen LogP contribution >= 0.6 is 0 Å². The Morgan fingerprint density at radius 1 is 0.931 bits per heavy atom. The number of fused-ring (bicyclic) bond motifs is 3. The van der Waals surface area contributed by atoms with Gasteiger partial charge in [-0.25, -0.2) is 0 Å². The number of rotatable bonds is 4. The zero-order valence-electron chi connectivity index (χ0n) is 16.2. The highest BCUT2D eigenvalue weighted by atomic mass is 16.7. The number of methoxy groups -OCH3 is 3. The van der Waals surface area contributed by atoms with Crippen LogP contribution in [0.15, 0.2) is 30.3 Å². The van der Waals surface area contributed by atoms with E-state index in [2.05, 4.69) is 0 Å². The molecule has 8 heteroatoms. The maximum atomic E-state index is 12.8. The van der Waals surface area contributed by atoms with Gasteiger partial charge < -0.3 is 33.2 Å². The number of hydrogen-bond acceptors (Lipinski definition) is 8. The molecule has 0 radical (unpaired) electrons. The van der Waals surface area contributed by atoms with Gasteiger partial charge in [-0.1, -0.05) is 6.07 Å². The van der Waals surface area contributed by atoms with E-state index in [0.717, 1.165) is 11.1 Å². The fraction of sp³-hybridized carbons (Fsp3) is 0.381. The lowest BCUT2D eigenvalue weighted by atomic mass is 9.75. The third-order valence-electron chi connectivity index (χ3n) is 5.71. The molecular weight excluding hydrogens is 380 g/mol. The Balaban J connectivity index is 1.72. The lowest BCUT2D eigenvalue weighted by molar-refractivity contribution is -0.195. The summed E-state index contributed by atoms with van der Waals surface area (Å²) in [6.45, 7) is 0.144. The van der Waals surface area contributed by atoms with Crippen molar-refractivity contribution in [2.75, 3.05) is 34.7 Å². The molecule has 0 aliphatic carbocycles. The summed E-state index contributed by atoms with van der Waals surface area (Å²) in [7, 11) is 4.66. The number of esters is 1. The zero-order valence-corrected chi connectivity index (χ0v) is 16.2. The second-order valence-electron chi connectivity index (χ2n) is 7.04. The van der Waals surface area contributed by atoms with Crippen molar-refractivity contribution in [2.45, 2.75) is 11.7 Å². The topological polar surface area (TPSA) is 81.7 Å². The van der Waals surface area contributed by atoms with E-state index in [0.29, 0.717) is 28.7 Å². The van der Waals surface area contributed by atoms with Crippen molar-refractivity contribution >= 4 is 5.97 Å². The maximum Gasteiger partial charge on any atom is 0.317 e. The molecule has 0 aromatic heterocycles. The first-order chi connectivity index (χ1) is 14.1. The van der Waals surface area contributed by atoms with Gasteiger partial charge in [0.2, 0.25) is 6.79 Å². The van der Waals surface area contributed by atoms with Gasteiger partial charge in [0.1, 0.15) is 11.7 Å². The normalized spacial score (nSPS) is 26.2. The quantitative estimate of drug-likeness (QED) is 0.724. The molecule has 0 N–H and O–H groups in total.